The van der Waals surface area contributed by atoms with Crippen LogP contribution in [0.4, 0.5) is 0 Å². The van der Waals surface area contributed by atoms with E-state index in [0.29, 0.717) is 19.3 Å². The topological polar surface area (TPSA) is 175 Å². The molecule has 0 bridgehead atoms. The fourth-order valence-corrected chi connectivity index (χ4v) is 10.1. The summed E-state index contributed by atoms with van der Waals surface area (Å²) in [6.07, 6.45) is 68.9. The maximum atomic E-state index is 13.5. The van der Waals surface area contributed by atoms with Gasteiger partial charge in [0.15, 0.2) is 12.4 Å². The van der Waals surface area contributed by atoms with E-state index in [-0.39, 0.29) is 19.4 Å². The molecule has 0 aromatic carbocycles. The fraction of sp³-hybridized carbons (Fsp3) is 0.750. The van der Waals surface area contributed by atoms with Crippen LogP contribution in [-0.2, 0) is 23.8 Å². The van der Waals surface area contributed by atoms with Crippen molar-refractivity contribution in [3.63, 3.8) is 0 Å². The van der Waals surface area contributed by atoms with Crippen molar-refractivity contribution in [3.8, 4) is 0 Å². The van der Waals surface area contributed by atoms with Gasteiger partial charge in [0, 0.05) is 6.42 Å². The summed E-state index contributed by atoms with van der Waals surface area (Å²) >= 11 is 0. The number of rotatable bonds is 57. The third-order valence-electron chi connectivity index (χ3n) is 15.5. The van der Waals surface area contributed by atoms with E-state index in [1.54, 1.807) is 6.08 Å². The summed E-state index contributed by atoms with van der Waals surface area (Å²) in [5.74, 6) is -1.26. The highest BCUT2D eigenvalue weighted by atomic mass is 16.7. The van der Waals surface area contributed by atoms with Crippen molar-refractivity contribution in [2.45, 2.75) is 333 Å². The molecule has 0 spiro atoms. The smallest absolute Gasteiger partial charge is 0.306 e. The third kappa shape index (κ3) is 46.5. The van der Waals surface area contributed by atoms with Gasteiger partial charge >= 0.3 is 5.97 Å². The first kappa shape index (κ1) is 77.6. The number of hydrogen-bond acceptors (Lipinski definition) is 10. The van der Waals surface area contributed by atoms with Crippen LogP contribution in [0.1, 0.15) is 284 Å². The molecule has 0 aromatic heterocycles. The standard InChI is InChI=1S/C72H125NO10/c1-4-7-10-13-16-19-22-24-26-28-29-30-31-32-33-34-35-36-38-39-41-44-47-50-53-56-59-65(76)71(80)73-63(64(75)58-55-52-49-46-43-21-18-15-12-9-6-3)62-81-72-70(69(79)68(78)66(61-74)82-72)83-67(77)60-57-54-51-48-45-42-40-37-27-25-23-20-17-14-11-8-5-2/h8,11,16-17,19-20,24-27,40,42,48,51,55,58,63-66,68-70,72,74-76,78-79H,4-7,9-10,12-15,18,21-23,28-39,41,43-47,49-50,52-54,56-57,59-62H2,1-3H3,(H,73,80)/b11-8-,19-16-,20-17-,26-24-,27-25-,42-40-,51-48-,58-55+. The van der Waals surface area contributed by atoms with E-state index in [4.69, 9.17) is 14.2 Å². The van der Waals surface area contributed by atoms with Crippen molar-refractivity contribution < 1.29 is 49.3 Å². The molecule has 1 amide bonds. The highest BCUT2D eigenvalue weighted by Crippen LogP contribution is 2.26. The molecule has 0 saturated carbocycles. The molecule has 8 atom stereocenters. The minimum absolute atomic E-state index is 0.0422. The van der Waals surface area contributed by atoms with E-state index in [0.717, 1.165) is 83.5 Å². The van der Waals surface area contributed by atoms with Crippen molar-refractivity contribution in [2.24, 2.45) is 0 Å². The van der Waals surface area contributed by atoms with Crippen molar-refractivity contribution in [2.75, 3.05) is 13.2 Å². The Morgan fingerprint density at radius 3 is 1.33 bits per heavy atom. The van der Waals surface area contributed by atoms with E-state index in [1.165, 1.54) is 148 Å². The number of ether oxygens (including phenoxy) is 3. The molecule has 0 radical (unpaired) electrons. The highest BCUT2D eigenvalue weighted by Gasteiger charge is 2.47. The molecule has 478 valence electrons. The van der Waals surface area contributed by atoms with Gasteiger partial charge in [-0.15, -0.1) is 0 Å². The van der Waals surface area contributed by atoms with Crippen LogP contribution in [0.3, 0.4) is 0 Å². The Hall–Kier alpha value is -3.42. The summed E-state index contributed by atoms with van der Waals surface area (Å²) in [7, 11) is 0. The van der Waals surface area contributed by atoms with Gasteiger partial charge in [0.2, 0.25) is 5.91 Å². The quantitative estimate of drug-likeness (QED) is 0.0195. The van der Waals surface area contributed by atoms with Gasteiger partial charge in [-0.2, -0.15) is 0 Å². The first-order valence-corrected chi connectivity index (χ1v) is 34.0. The summed E-state index contributed by atoms with van der Waals surface area (Å²) in [4.78, 5) is 26.6. The van der Waals surface area contributed by atoms with Gasteiger partial charge in [-0.1, -0.05) is 279 Å². The van der Waals surface area contributed by atoms with E-state index >= 15 is 0 Å². The van der Waals surface area contributed by atoms with Crippen molar-refractivity contribution in [1.82, 2.24) is 5.32 Å². The number of carbonyl (C=O) groups is 2. The van der Waals surface area contributed by atoms with Crippen LogP contribution < -0.4 is 5.32 Å². The molecule has 1 aliphatic heterocycles. The maximum Gasteiger partial charge on any atom is 0.306 e. The average molecular weight is 1160 g/mol. The van der Waals surface area contributed by atoms with Crippen LogP contribution in [0.25, 0.3) is 0 Å². The number of aliphatic hydroxyl groups is 5. The molecular weight excluding hydrogens is 1040 g/mol. The first-order valence-electron chi connectivity index (χ1n) is 34.0. The van der Waals surface area contributed by atoms with E-state index in [1.807, 2.05) is 18.2 Å². The lowest BCUT2D eigenvalue weighted by molar-refractivity contribution is -0.305. The van der Waals surface area contributed by atoms with Gasteiger partial charge in [0.05, 0.1) is 25.4 Å². The Balaban J connectivity index is 2.58. The summed E-state index contributed by atoms with van der Waals surface area (Å²) in [6.45, 7) is 5.63. The van der Waals surface area contributed by atoms with Crippen molar-refractivity contribution >= 4 is 11.9 Å². The zero-order valence-corrected chi connectivity index (χ0v) is 53.0. The Morgan fingerprint density at radius 2 is 0.867 bits per heavy atom. The van der Waals surface area contributed by atoms with Gasteiger partial charge in [0.1, 0.15) is 24.4 Å². The minimum atomic E-state index is -1.64. The molecule has 1 aliphatic rings. The molecule has 0 aliphatic carbocycles. The molecule has 11 heteroatoms. The van der Waals surface area contributed by atoms with Crippen LogP contribution in [0, 0.1) is 0 Å². The van der Waals surface area contributed by atoms with Crippen molar-refractivity contribution in [1.29, 1.82) is 0 Å². The lowest BCUT2D eigenvalue weighted by atomic mass is 9.99. The van der Waals surface area contributed by atoms with Gasteiger partial charge in [-0.3, -0.25) is 9.59 Å². The molecule has 0 aromatic rings. The number of allylic oxidation sites excluding steroid dienone is 15. The Morgan fingerprint density at radius 1 is 0.482 bits per heavy atom. The second-order valence-electron chi connectivity index (χ2n) is 23.2. The monoisotopic (exact) mass is 1160 g/mol. The number of amides is 1. The summed E-state index contributed by atoms with van der Waals surface area (Å²) in [6, 6.07) is -1.04. The van der Waals surface area contributed by atoms with Gasteiger partial charge < -0.3 is 45.1 Å². The number of aliphatic hydroxyl groups excluding tert-OH is 5. The van der Waals surface area contributed by atoms with Gasteiger partial charge in [0.25, 0.3) is 0 Å². The van der Waals surface area contributed by atoms with Gasteiger partial charge in [-0.05, 0) is 96.3 Å². The zero-order valence-electron chi connectivity index (χ0n) is 53.0. The van der Waals surface area contributed by atoms with Gasteiger partial charge in [-0.25, -0.2) is 0 Å². The highest BCUT2D eigenvalue weighted by molar-refractivity contribution is 5.80. The predicted molar refractivity (Wildman–Crippen MR) is 347 cm³/mol. The number of nitrogens with one attached hydrogen (secondary N) is 1. The molecule has 1 rings (SSSR count). The second kappa shape index (κ2) is 58.9. The molecule has 8 unspecified atom stereocenters. The molecule has 1 heterocycles. The molecule has 1 fully saturated rings. The number of unbranched alkanes of at least 4 members (excludes halogenated alkanes) is 29. The normalized spacial score (nSPS) is 19.2. The third-order valence-corrected chi connectivity index (χ3v) is 15.5. The van der Waals surface area contributed by atoms with E-state index < -0.39 is 67.4 Å². The summed E-state index contributed by atoms with van der Waals surface area (Å²) < 4.78 is 17.6. The first-order chi connectivity index (χ1) is 40.7. The van der Waals surface area contributed by atoms with E-state index in [9.17, 15) is 35.1 Å². The summed E-state index contributed by atoms with van der Waals surface area (Å²) in [5.41, 5.74) is 0. The molecular formula is C72H125NO10. The van der Waals surface area contributed by atoms with E-state index in [2.05, 4.69) is 99.0 Å². The summed E-state index contributed by atoms with van der Waals surface area (Å²) in [5, 5.41) is 57.1. The fourth-order valence-electron chi connectivity index (χ4n) is 10.1. The minimum Gasteiger partial charge on any atom is -0.454 e. The van der Waals surface area contributed by atoms with Crippen LogP contribution >= 0.6 is 0 Å². The number of hydrogen-bond donors (Lipinski definition) is 6. The Bertz CT molecular complexity index is 1720. The average Bonchev–Trinajstić information content (AvgIpc) is 3.69. The number of esters is 1. The molecule has 83 heavy (non-hydrogen) atoms. The van der Waals surface area contributed by atoms with Crippen molar-refractivity contribution in [3.05, 3.63) is 97.2 Å². The number of carbonyl (C=O) groups excluding carboxylic acids is 2. The molecule has 11 nitrogen and oxygen atoms in total. The lowest BCUT2D eigenvalue weighted by Crippen LogP contribution is -2.61. The van der Waals surface area contributed by atoms with Crippen LogP contribution in [0.15, 0.2) is 97.2 Å². The molecule has 1 saturated heterocycles. The zero-order chi connectivity index (χ0) is 60.3. The SMILES string of the molecule is CC/C=C\C/C=C\C/C=C\C/C=C\C/C=C\CCCC(=O)OC1C(OCC(NC(=O)C(O)CCCCCCCCCCCCCCCCCC/C=C\C/C=C\CCCCC)C(O)/C=C/CCCCCCCCCCC)OC(CO)C(O)C1O. The lowest BCUT2D eigenvalue weighted by Gasteiger charge is -2.41. The predicted octanol–water partition coefficient (Wildman–Crippen LogP) is 17.1. The second-order valence-corrected chi connectivity index (χ2v) is 23.2. The maximum absolute atomic E-state index is 13.5. The largest absolute Gasteiger partial charge is 0.454 e. The van der Waals surface area contributed by atoms with Crippen LogP contribution in [-0.4, -0.2) is 99.6 Å². The van der Waals surface area contributed by atoms with Crippen LogP contribution in [0.2, 0.25) is 0 Å². The Labute approximate surface area is 507 Å². The molecule has 6 N–H and O–H groups in total. The van der Waals surface area contributed by atoms with Crippen LogP contribution in [0.5, 0.6) is 0 Å². The Kier molecular flexibility index (Phi) is 55.1.